The van der Waals surface area contributed by atoms with E-state index in [9.17, 15) is 5.11 Å². The van der Waals surface area contributed by atoms with Crippen LogP contribution in [0, 0.1) is 0 Å². The summed E-state index contributed by atoms with van der Waals surface area (Å²) in [6.45, 7) is 3.50. The van der Waals surface area contributed by atoms with Crippen LogP contribution in [0.4, 0.5) is 0 Å². The molecule has 1 aromatic rings. The molecule has 1 aliphatic carbocycles. The van der Waals surface area contributed by atoms with Crippen LogP contribution in [0.15, 0.2) is 24.3 Å². The van der Waals surface area contributed by atoms with Crippen molar-refractivity contribution in [3.05, 3.63) is 35.4 Å². The number of rotatable bonds is 7. The second kappa shape index (κ2) is 6.91. The highest BCUT2D eigenvalue weighted by atomic mass is 16.5. The lowest BCUT2D eigenvalue weighted by Crippen LogP contribution is -2.08. The molecule has 0 aliphatic heterocycles. The number of ether oxygens (including phenoxy) is 1. The van der Waals surface area contributed by atoms with Crippen LogP contribution in [0.25, 0.3) is 0 Å². The van der Waals surface area contributed by atoms with E-state index in [0.717, 1.165) is 37.5 Å². The van der Waals surface area contributed by atoms with E-state index in [1.54, 1.807) is 0 Å². The van der Waals surface area contributed by atoms with E-state index in [4.69, 9.17) is 4.74 Å². The van der Waals surface area contributed by atoms with E-state index in [0.29, 0.717) is 0 Å². The van der Waals surface area contributed by atoms with Gasteiger partial charge < -0.3 is 9.84 Å². The summed E-state index contributed by atoms with van der Waals surface area (Å²) >= 11 is 0. The van der Waals surface area contributed by atoms with E-state index in [-0.39, 0.29) is 6.10 Å². The number of aliphatic hydroxyl groups is 1. The molecule has 0 amide bonds. The molecule has 1 N–H and O–H groups in total. The van der Waals surface area contributed by atoms with Gasteiger partial charge in [0, 0.05) is 13.2 Å². The Morgan fingerprint density at radius 1 is 1.28 bits per heavy atom. The summed E-state index contributed by atoms with van der Waals surface area (Å²) in [6.07, 6.45) is 5.38. The molecule has 1 aromatic carbocycles. The second-order valence-electron chi connectivity index (χ2n) is 5.15. The Morgan fingerprint density at radius 2 is 2.00 bits per heavy atom. The van der Waals surface area contributed by atoms with Crippen LogP contribution < -0.4 is 0 Å². The van der Waals surface area contributed by atoms with E-state index < -0.39 is 0 Å². The fourth-order valence-electron chi connectivity index (χ4n) is 2.42. The second-order valence-corrected chi connectivity index (χ2v) is 5.15. The van der Waals surface area contributed by atoms with Crippen LogP contribution in [0.5, 0.6) is 0 Å². The molecule has 2 nitrogen and oxygen atoms in total. The minimum absolute atomic E-state index is 0.346. The molecule has 100 valence electrons. The molecule has 2 rings (SSSR count). The maximum atomic E-state index is 10.1. The van der Waals surface area contributed by atoms with Gasteiger partial charge >= 0.3 is 0 Å². The topological polar surface area (TPSA) is 29.5 Å². The maximum Gasteiger partial charge on any atom is 0.0790 e. The molecular formula is C16H24O2. The number of aliphatic hydroxyl groups excluding tert-OH is 1. The van der Waals surface area contributed by atoms with Crippen molar-refractivity contribution in [3.8, 4) is 0 Å². The zero-order valence-electron chi connectivity index (χ0n) is 11.3. The van der Waals surface area contributed by atoms with Gasteiger partial charge in [-0.2, -0.15) is 0 Å². The Balaban J connectivity index is 1.80. The molecule has 1 unspecified atom stereocenters. The summed E-state index contributed by atoms with van der Waals surface area (Å²) in [5.74, 6) is 0.772. The highest BCUT2D eigenvalue weighted by Gasteiger charge is 2.19. The average Bonchev–Trinajstić information content (AvgIpc) is 2.33. The smallest absolute Gasteiger partial charge is 0.0790 e. The largest absolute Gasteiger partial charge is 0.388 e. The van der Waals surface area contributed by atoms with E-state index in [2.05, 4.69) is 24.3 Å². The van der Waals surface area contributed by atoms with Gasteiger partial charge in [-0.15, -0.1) is 0 Å². The molecule has 1 atom stereocenters. The third-order valence-corrected chi connectivity index (χ3v) is 3.87. The fraction of sp³-hybridized carbons (Fsp3) is 0.625. The first kappa shape index (κ1) is 13.6. The first-order valence-electron chi connectivity index (χ1n) is 7.17. The average molecular weight is 248 g/mol. The predicted molar refractivity (Wildman–Crippen MR) is 73.7 cm³/mol. The van der Waals surface area contributed by atoms with Crippen molar-refractivity contribution in [3.63, 3.8) is 0 Å². The summed E-state index contributed by atoms with van der Waals surface area (Å²) in [5, 5.41) is 10.1. The van der Waals surface area contributed by atoms with Gasteiger partial charge in [-0.1, -0.05) is 30.7 Å². The Kier molecular flexibility index (Phi) is 5.21. The molecule has 0 heterocycles. The third-order valence-electron chi connectivity index (χ3n) is 3.87. The normalized spacial score (nSPS) is 17.4. The first-order chi connectivity index (χ1) is 8.81. The van der Waals surface area contributed by atoms with Crippen molar-refractivity contribution in [2.24, 2.45) is 0 Å². The molecule has 0 bridgehead atoms. The standard InChI is InChI=1S/C16H24O2/c1-2-18-12-4-7-16(17)15-10-8-14(9-11-15)13-5-3-6-13/h8-11,13,16-17H,2-7,12H2,1H3. The zero-order valence-corrected chi connectivity index (χ0v) is 11.3. The van der Waals surface area contributed by atoms with Crippen molar-refractivity contribution in [1.82, 2.24) is 0 Å². The summed E-state index contributed by atoms with van der Waals surface area (Å²) in [4.78, 5) is 0. The maximum absolute atomic E-state index is 10.1. The van der Waals surface area contributed by atoms with Gasteiger partial charge in [0.15, 0.2) is 0 Å². The summed E-state index contributed by atoms with van der Waals surface area (Å²) < 4.78 is 5.28. The van der Waals surface area contributed by atoms with Crippen molar-refractivity contribution >= 4 is 0 Å². The SMILES string of the molecule is CCOCCCC(O)c1ccc(C2CCC2)cc1. The van der Waals surface area contributed by atoms with Gasteiger partial charge in [0.1, 0.15) is 0 Å². The molecule has 0 saturated heterocycles. The minimum atomic E-state index is -0.346. The fourth-order valence-corrected chi connectivity index (χ4v) is 2.42. The van der Waals surface area contributed by atoms with Crippen LogP contribution in [-0.4, -0.2) is 18.3 Å². The Hall–Kier alpha value is -0.860. The van der Waals surface area contributed by atoms with Crippen molar-refractivity contribution in [1.29, 1.82) is 0 Å². The van der Waals surface area contributed by atoms with Crippen LogP contribution >= 0.6 is 0 Å². The highest BCUT2D eigenvalue weighted by Crippen LogP contribution is 2.36. The number of hydrogen-bond acceptors (Lipinski definition) is 2. The molecule has 1 fully saturated rings. The van der Waals surface area contributed by atoms with Crippen LogP contribution in [0.2, 0.25) is 0 Å². The van der Waals surface area contributed by atoms with Gasteiger partial charge in [0.25, 0.3) is 0 Å². The Labute approximate surface area is 110 Å². The van der Waals surface area contributed by atoms with Crippen LogP contribution in [0.3, 0.4) is 0 Å². The van der Waals surface area contributed by atoms with Crippen molar-refractivity contribution < 1.29 is 9.84 Å². The van der Waals surface area contributed by atoms with Gasteiger partial charge in [-0.05, 0) is 49.7 Å². The first-order valence-corrected chi connectivity index (χ1v) is 7.17. The Morgan fingerprint density at radius 3 is 2.56 bits per heavy atom. The quantitative estimate of drug-likeness (QED) is 0.744. The Bertz CT molecular complexity index is 341. The van der Waals surface area contributed by atoms with E-state index in [1.165, 1.54) is 24.8 Å². The zero-order chi connectivity index (χ0) is 12.8. The number of hydrogen-bond donors (Lipinski definition) is 1. The van der Waals surface area contributed by atoms with Crippen LogP contribution in [-0.2, 0) is 4.74 Å². The molecular weight excluding hydrogens is 224 g/mol. The lowest BCUT2D eigenvalue weighted by Gasteiger charge is -2.26. The molecule has 0 aromatic heterocycles. The summed E-state index contributed by atoms with van der Waals surface area (Å²) in [7, 11) is 0. The van der Waals surface area contributed by atoms with Gasteiger partial charge in [-0.3, -0.25) is 0 Å². The molecule has 18 heavy (non-hydrogen) atoms. The molecule has 0 spiro atoms. The summed E-state index contributed by atoms with van der Waals surface area (Å²) in [6, 6.07) is 8.54. The predicted octanol–water partition coefficient (Wildman–Crippen LogP) is 3.80. The van der Waals surface area contributed by atoms with E-state index >= 15 is 0 Å². The van der Waals surface area contributed by atoms with Crippen molar-refractivity contribution in [2.75, 3.05) is 13.2 Å². The van der Waals surface area contributed by atoms with Gasteiger partial charge in [0.05, 0.1) is 6.10 Å². The molecule has 1 saturated carbocycles. The highest BCUT2D eigenvalue weighted by molar-refractivity contribution is 5.27. The van der Waals surface area contributed by atoms with Crippen LogP contribution in [0.1, 0.15) is 62.2 Å². The number of benzene rings is 1. The van der Waals surface area contributed by atoms with Gasteiger partial charge in [0.2, 0.25) is 0 Å². The molecule has 2 heteroatoms. The lowest BCUT2D eigenvalue weighted by molar-refractivity contribution is 0.114. The third kappa shape index (κ3) is 3.56. The summed E-state index contributed by atoms with van der Waals surface area (Å²) in [5.41, 5.74) is 2.47. The lowest BCUT2D eigenvalue weighted by atomic mass is 9.80. The minimum Gasteiger partial charge on any atom is -0.388 e. The van der Waals surface area contributed by atoms with E-state index in [1.807, 2.05) is 6.92 Å². The van der Waals surface area contributed by atoms with Gasteiger partial charge in [-0.25, -0.2) is 0 Å². The monoisotopic (exact) mass is 248 g/mol. The molecule has 0 radical (unpaired) electrons. The van der Waals surface area contributed by atoms with Crippen molar-refractivity contribution in [2.45, 2.75) is 51.0 Å². The molecule has 1 aliphatic rings.